The highest BCUT2D eigenvalue weighted by atomic mass is 16.5. The standard InChI is InChI=1S/C12H16O.C2H6/c1-5-9-11(7-3)12(8-4)13-10-6-2;1-2/h5-9H,2-4,10H2,1H3;1-2H3/b9-5-,12-11+;. The fourth-order valence-corrected chi connectivity index (χ4v) is 0.839. The molecule has 0 saturated heterocycles. The van der Waals surface area contributed by atoms with E-state index in [4.69, 9.17) is 4.74 Å². The van der Waals surface area contributed by atoms with E-state index < -0.39 is 0 Å². The maximum atomic E-state index is 5.37. The van der Waals surface area contributed by atoms with Gasteiger partial charge in [-0.2, -0.15) is 0 Å². The van der Waals surface area contributed by atoms with Crippen LogP contribution in [0.2, 0.25) is 0 Å². The summed E-state index contributed by atoms with van der Waals surface area (Å²) in [5.41, 5.74) is 0.930. The smallest absolute Gasteiger partial charge is 0.126 e. The van der Waals surface area contributed by atoms with Crippen LogP contribution in [0.4, 0.5) is 0 Å². The van der Waals surface area contributed by atoms with Gasteiger partial charge in [-0.3, -0.25) is 0 Å². The second-order valence-corrected chi connectivity index (χ2v) is 2.33. The largest absolute Gasteiger partial charge is 0.489 e. The lowest BCUT2D eigenvalue weighted by Crippen LogP contribution is -1.92. The summed E-state index contributed by atoms with van der Waals surface area (Å²) in [5.74, 6) is 0.730. The van der Waals surface area contributed by atoms with E-state index in [1.165, 1.54) is 0 Å². The van der Waals surface area contributed by atoms with Crippen LogP contribution in [0, 0.1) is 0 Å². The van der Waals surface area contributed by atoms with E-state index in [-0.39, 0.29) is 0 Å². The lowest BCUT2D eigenvalue weighted by Gasteiger charge is -2.06. The Morgan fingerprint density at radius 3 is 2.07 bits per heavy atom. The molecule has 0 unspecified atom stereocenters. The van der Waals surface area contributed by atoms with Crippen molar-refractivity contribution in [2.45, 2.75) is 20.8 Å². The van der Waals surface area contributed by atoms with Crippen LogP contribution in [0.3, 0.4) is 0 Å². The normalized spacial score (nSPS) is 10.9. The Hall–Kier alpha value is -1.50. The summed E-state index contributed by atoms with van der Waals surface area (Å²) >= 11 is 0. The van der Waals surface area contributed by atoms with Crippen molar-refractivity contribution < 1.29 is 4.74 Å². The third kappa shape index (κ3) is 7.56. The molecule has 1 nitrogen and oxygen atoms in total. The molecule has 0 saturated carbocycles. The summed E-state index contributed by atoms with van der Waals surface area (Å²) in [7, 11) is 0. The predicted molar refractivity (Wildman–Crippen MR) is 69.7 cm³/mol. The summed E-state index contributed by atoms with van der Waals surface area (Å²) in [6.45, 7) is 17.4. The van der Waals surface area contributed by atoms with E-state index in [0.717, 1.165) is 11.3 Å². The monoisotopic (exact) mass is 206 g/mol. The Kier molecular flexibility index (Phi) is 13.3. The topological polar surface area (TPSA) is 9.23 Å². The Bertz CT molecular complexity index is 244. The van der Waals surface area contributed by atoms with Gasteiger partial charge in [-0.25, -0.2) is 0 Å². The predicted octanol–water partition coefficient (Wildman–Crippen LogP) is 4.42. The lowest BCUT2D eigenvalue weighted by atomic mass is 10.2. The molecule has 0 heterocycles. The minimum absolute atomic E-state index is 0.482. The lowest BCUT2D eigenvalue weighted by molar-refractivity contribution is 0.260. The Balaban J connectivity index is 0. The number of ether oxygens (including phenoxy) is 1. The van der Waals surface area contributed by atoms with Crippen molar-refractivity contribution in [2.75, 3.05) is 6.61 Å². The Labute approximate surface area is 94.2 Å². The summed E-state index contributed by atoms with van der Waals surface area (Å²) in [4.78, 5) is 0. The quantitative estimate of drug-likeness (QED) is 0.355. The maximum absolute atomic E-state index is 5.37. The average molecular weight is 206 g/mol. The molecular formula is C14H22O. The zero-order chi connectivity index (χ0) is 12.1. The highest BCUT2D eigenvalue weighted by Crippen LogP contribution is 2.10. The fraction of sp³-hybridized carbons (Fsp3) is 0.286. The van der Waals surface area contributed by atoms with Crippen LogP contribution in [-0.2, 0) is 4.74 Å². The van der Waals surface area contributed by atoms with Crippen molar-refractivity contribution in [1.29, 1.82) is 0 Å². The van der Waals surface area contributed by atoms with Crippen molar-refractivity contribution in [1.82, 2.24) is 0 Å². The highest BCUT2D eigenvalue weighted by Gasteiger charge is 1.96. The SMILES string of the molecule is C=CCO/C(C=C)=C(C=C)/C=C\C.CC. The molecule has 0 amide bonds. The van der Waals surface area contributed by atoms with Gasteiger partial charge >= 0.3 is 0 Å². The second kappa shape index (κ2) is 12.5. The molecule has 0 aromatic heterocycles. The van der Waals surface area contributed by atoms with Gasteiger partial charge in [-0.05, 0) is 13.0 Å². The van der Waals surface area contributed by atoms with Crippen molar-refractivity contribution in [2.24, 2.45) is 0 Å². The number of hydrogen-bond donors (Lipinski definition) is 0. The zero-order valence-electron chi connectivity index (χ0n) is 10.1. The average Bonchev–Trinajstić information content (AvgIpc) is 2.31. The van der Waals surface area contributed by atoms with Crippen LogP contribution in [0.25, 0.3) is 0 Å². The van der Waals surface area contributed by atoms with Crippen LogP contribution in [0.15, 0.2) is 61.4 Å². The van der Waals surface area contributed by atoms with Gasteiger partial charge in [0.2, 0.25) is 0 Å². The van der Waals surface area contributed by atoms with Crippen LogP contribution in [-0.4, -0.2) is 6.61 Å². The van der Waals surface area contributed by atoms with Gasteiger partial charge in [-0.1, -0.05) is 57.9 Å². The molecule has 0 aromatic carbocycles. The van der Waals surface area contributed by atoms with Gasteiger partial charge < -0.3 is 4.74 Å². The van der Waals surface area contributed by atoms with E-state index in [1.807, 2.05) is 32.9 Å². The number of rotatable bonds is 6. The highest BCUT2D eigenvalue weighted by molar-refractivity contribution is 5.36. The maximum Gasteiger partial charge on any atom is 0.126 e. The summed E-state index contributed by atoms with van der Waals surface area (Å²) < 4.78 is 5.37. The zero-order valence-corrected chi connectivity index (χ0v) is 10.1. The third-order valence-electron chi connectivity index (χ3n) is 1.39. The first-order valence-corrected chi connectivity index (χ1v) is 5.15. The molecule has 0 fully saturated rings. The molecule has 84 valence electrons. The van der Waals surface area contributed by atoms with E-state index in [2.05, 4.69) is 19.7 Å². The van der Waals surface area contributed by atoms with Crippen molar-refractivity contribution in [3.8, 4) is 0 Å². The first-order valence-electron chi connectivity index (χ1n) is 5.15. The summed E-state index contributed by atoms with van der Waals surface area (Å²) in [5, 5.41) is 0. The van der Waals surface area contributed by atoms with Crippen LogP contribution < -0.4 is 0 Å². The van der Waals surface area contributed by atoms with E-state index in [1.54, 1.807) is 18.2 Å². The van der Waals surface area contributed by atoms with Crippen LogP contribution in [0.1, 0.15) is 20.8 Å². The van der Waals surface area contributed by atoms with Gasteiger partial charge in [0.25, 0.3) is 0 Å². The van der Waals surface area contributed by atoms with Gasteiger partial charge in [0.15, 0.2) is 0 Å². The fourth-order valence-electron chi connectivity index (χ4n) is 0.839. The van der Waals surface area contributed by atoms with Gasteiger partial charge in [0, 0.05) is 5.57 Å². The van der Waals surface area contributed by atoms with Crippen LogP contribution >= 0.6 is 0 Å². The molecule has 15 heavy (non-hydrogen) atoms. The van der Waals surface area contributed by atoms with Crippen molar-refractivity contribution >= 4 is 0 Å². The Morgan fingerprint density at radius 1 is 1.13 bits per heavy atom. The summed E-state index contributed by atoms with van der Waals surface area (Å²) in [6.07, 6.45) is 8.95. The minimum Gasteiger partial charge on any atom is -0.489 e. The number of allylic oxidation sites excluding steroid dienone is 5. The molecule has 0 aliphatic heterocycles. The van der Waals surface area contributed by atoms with E-state index in [9.17, 15) is 0 Å². The van der Waals surface area contributed by atoms with E-state index in [0.29, 0.717) is 6.61 Å². The molecule has 0 aromatic rings. The molecular weight excluding hydrogens is 184 g/mol. The van der Waals surface area contributed by atoms with Crippen molar-refractivity contribution in [3.05, 3.63) is 61.4 Å². The molecule has 0 aliphatic rings. The molecule has 0 N–H and O–H groups in total. The number of hydrogen-bond acceptors (Lipinski definition) is 1. The molecule has 0 bridgehead atoms. The molecule has 0 aliphatic carbocycles. The van der Waals surface area contributed by atoms with Gasteiger partial charge in [-0.15, -0.1) is 0 Å². The minimum atomic E-state index is 0.482. The Morgan fingerprint density at radius 2 is 1.73 bits per heavy atom. The van der Waals surface area contributed by atoms with Gasteiger partial charge in [0.1, 0.15) is 12.4 Å². The second-order valence-electron chi connectivity index (χ2n) is 2.33. The van der Waals surface area contributed by atoms with Crippen molar-refractivity contribution in [3.63, 3.8) is 0 Å². The molecule has 0 atom stereocenters. The third-order valence-corrected chi connectivity index (χ3v) is 1.39. The molecule has 0 radical (unpaired) electrons. The van der Waals surface area contributed by atoms with Crippen LogP contribution in [0.5, 0.6) is 0 Å². The molecule has 0 rings (SSSR count). The molecule has 0 spiro atoms. The first kappa shape index (κ1) is 15.9. The summed E-state index contributed by atoms with van der Waals surface area (Å²) in [6, 6.07) is 0. The first-order chi connectivity index (χ1) is 7.29. The van der Waals surface area contributed by atoms with E-state index >= 15 is 0 Å². The van der Waals surface area contributed by atoms with Gasteiger partial charge in [0.05, 0.1) is 0 Å². The molecule has 1 heteroatoms.